The molecule has 0 aromatic rings. The molecule has 0 bridgehead atoms. The zero-order valence-electron chi connectivity index (χ0n) is 12.8. The largest absolute Gasteiger partial charge is 0.463 e. The van der Waals surface area contributed by atoms with Crippen LogP contribution >= 0.6 is 0 Å². The molecule has 0 unspecified atom stereocenters. The van der Waals surface area contributed by atoms with Gasteiger partial charge in [-0.25, -0.2) is 4.79 Å². The monoisotopic (exact) mass is 331 g/mol. The summed E-state index contributed by atoms with van der Waals surface area (Å²) < 4.78 is 9.81. The average Bonchev–Trinajstić information content (AvgIpc) is 2.83. The van der Waals surface area contributed by atoms with Gasteiger partial charge in [-0.1, -0.05) is 6.42 Å². The number of hydrogen-bond donors (Lipinski definition) is 1. The Labute approximate surface area is 133 Å². The molecule has 1 aliphatic rings. The van der Waals surface area contributed by atoms with Crippen molar-refractivity contribution in [2.45, 2.75) is 38.5 Å². The first kappa shape index (κ1) is 19.0. The van der Waals surface area contributed by atoms with E-state index < -0.39 is 24.4 Å². The molecule has 2 amide bonds. The van der Waals surface area contributed by atoms with Crippen molar-refractivity contribution >= 4 is 23.8 Å². The lowest BCUT2D eigenvalue weighted by Crippen LogP contribution is -2.33. The number of aliphatic hydroxyl groups excluding tert-OH is 1. The topological polar surface area (TPSA) is 119 Å². The number of imide groups is 1. The second kappa shape index (κ2) is 10.7. The summed E-state index contributed by atoms with van der Waals surface area (Å²) in [6.07, 6.45) is 2.37. The normalized spacial score (nSPS) is 14.2. The number of aliphatic hydroxyl groups is 1. The van der Waals surface area contributed by atoms with E-state index in [0.29, 0.717) is 17.9 Å². The molecule has 0 aromatic carbocycles. The van der Waals surface area contributed by atoms with E-state index in [1.54, 1.807) is 0 Å². The maximum absolute atomic E-state index is 11.4. The fraction of sp³-hybridized carbons (Fsp3) is 0.714. The van der Waals surface area contributed by atoms with Gasteiger partial charge < -0.3 is 19.4 Å². The molecule has 0 saturated carbocycles. The summed E-state index contributed by atoms with van der Waals surface area (Å²) in [5.41, 5.74) is 0. The number of hydroxylamine groups is 2. The quantitative estimate of drug-likeness (QED) is 0.311. The Morgan fingerprint density at radius 1 is 1.00 bits per heavy atom. The molecule has 0 spiro atoms. The number of amides is 2. The molecule has 1 heterocycles. The molecular formula is C14H21NO8. The number of unbranched alkanes of at least 4 members (excludes halogenated alkanes) is 2. The van der Waals surface area contributed by atoms with E-state index in [2.05, 4.69) is 4.84 Å². The first-order valence-electron chi connectivity index (χ1n) is 7.45. The highest BCUT2D eigenvalue weighted by molar-refractivity contribution is 6.01. The Balaban J connectivity index is 2.02. The minimum atomic E-state index is -0.871. The van der Waals surface area contributed by atoms with Gasteiger partial charge in [0.05, 0.1) is 6.61 Å². The van der Waals surface area contributed by atoms with Gasteiger partial charge in [-0.2, -0.15) is 0 Å². The van der Waals surface area contributed by atoms with E-state index in [0.717, 1.165) is 6.42 Å². The van der Waals surface area contributed by atoms with Crippen LogP contribution in [-0.4, -0.2) is 60.4 Å². The summed E-state index contributed by atoms with van der Waals surface area (Å²) in [5.74, 6) is -2.36. The van der Waals surface area contributed by atoms with E-state index in [-0.39, 0.29) is 45.1 Å². The van der Waals surface area contributed by atoms with Crippen molar-refractivity contribution in [1.82, 2.24) is 5.06 Å². The van der Waals surface area contributed by atoms with Crippen LogP contribution in [-0.2, 0) is 33.5 Å². The van der Waals surface area contributed by atoms with Gasteiger partial charge in [0.1, 0.15) is 13.2 Å². The average molecular weight is 331 g/mol. The summed E-state index contributed by atoms with van der Waals surface area (Å²) in [4.78, 5) is 49.7. The van der Waals surface area contributed by atoms with Crippen LogP contribution in [0.15, 0.2) is 0 Å². The predicted octanol–water partition coefficient (Wildman–Crippen LogP) is -0.294. The van der Waals surface area contributed by atoms with Gasteiger partial charge >= 0.3 is 11.9 Å². The van der Waals surface area contributed by atoms with Gasteiger partial charge in [0.2, 0.25) is 0 Å². The molecule has 9 heteroatoms. The molecule has 1 rings (SSSR count). The zero-order valence-corrected chi connectivity index (χ0v) is 12.8. The molecule has 1 fully saturated rings. The summed E-state index contributed by atoms with van der Waals surface area (Å²) in [5, 5.41) is 9.03. The fourth-order valence-electron chi connectivity index (χ4n) is 1.79. The first-order valence-corrected chi connectivity index (χ1v) is 7.45. The Hall–Kier alpha value is -2.00. The minimum absolute atomic E-state index is 0.000622. The van der Waals surface area contributed by atoms with Crippen LogP contribution in [0.25, 0.3) is 0 Å². The third-order valence-corrected chi connectivity index (χ3v) is 2.95. The van der Waals surface area contributed by atoms with Crippen molar-refractivity contribution in [3.63, 3.8) is 0 Å². The van der Waals surface area contributed by atoms with Crippen molar-refractivity contribution in [3.8, 4) is 0 Å². The molecule has 1 aliphatic heterocycles. The van der Waals surface area contributed by atoms with Gasteiger partial charge in [-0.05, 0) is 12.8 Å². The molecule has 130 valence electrons. The number of nitrogens with zero attached hydrogens (tertiary/aromatic N) is 1. The van der Waals surface area contributed by atoms with Crippen LogP contribution in [0.2, 0.25) is 0 Å². The molecule has 23 heavy (non-hydrogen) atoms. The Morgan fingerprint density at radius 2 is 1.70 bits per heavy atom. The van der Waals surface area contributed by atoms with Crippen LogP contribution in [0.4, 0.5) is 0 Å². The van der Waals surface area contributed by atoms with Crippen LogP contribution in [0.3, 0.4) is 0 Å². The highest BCUT2D eigenvalue weighted by atomic mass is 16.7. The lowest BCUT2D eigenvalue weighted by atomic mass is 10.2. The smallest absolute Gasteiger partial charge is 0.358 e. The second-order valence-corrected chi connectivity index (χ2v) is 4.85. The van der Waals surface area contributed by atoms with Crippen LogP contribution in [0.1, 0.15) is 38.5 Å². The highest BCUT2D eigenvalue weighted by Gasteiger charge is 2.32. The molecule has 0 aliphatic carbocycles. The maximum atomic E-state index is 11.4. The van der Waals surface area contributed by atoms with Gasteiger partial charge in [0.15, 0.2) is 0 Å². The van der Waals surface area contributed by atoms with Crippen LogP contribution < -0.4 is 0 Å². The van der Waals surface area contributed by atoms with Crippen molar-refractivity contribution in [2.24, 2.45) is 0 Å². The van der Waals surface area contributed by atoms with Crippen molar-refractivity contribution in [1.29, 1.82) is 0 Å². The number of hydrogen-bond acceptors (Lipinski definition) is 8. The van der Waals surface area contributed by atoms with Crippen molar-refractivity contribution in [3.05, 3.63) is 0 Å². The highest BCUT2D eigenvalue weighted by Crippen LogP contribution is 2.11. The molecule has 0 atom stereocenters. The summed E-state index contributed by atoms with van der Waals surface area (Å²) in [6.45, 7) is -0.355. The fourth-order valence-corrected chi connectivity index (χ4v) is 1.79. The second-order valence-electron chi connectivity index (χ2n) is 4.85. The van der Waals surface area contributed by atoms with Gasteiger partial charge in [0, 0.05) is 25.9 Å². The van der Waals surface area contributed by atoms with Crippen molar-refractivity contribution in [2.75, 3.05) is 26.4 Å². The van der Waals surface area contributed by atoms with E-state index in [9.17, 15) is 19.2 Å². The SMILES string of the molecule is O=C(CCCCCO)OCCOCC(=O)ON1C(=O)CCC1=O. The molecule has 1 N–H and O–H groups in total. The number of ether oxygens (including phenoxy) is 2. The number of rotatable bonds is 11. The lowest BCUT2D eigenvalue weighted by molar-refractivity contribution is -0.200. The summed E-state index contributed by atoms with van der Waals surface area (Å²) in [7, 11) is 0. The number of carbonyl (C=O) groups is 4. The van der Waals surface area contributed by atoms with Crippen molar-refractivity contribution < 1.29 is 38.6 Å². The van der Waals surface area contributed by atoms with E-state index >= 15 is 0 Å². The van der Waals surface area contributed by atoms with Crippen LogP contribution in [0.5, 0.6) is 0 Å². The molecule has 0 radical (unpaired) electrons. The number of carbonyl (C=O) groups excluding carboxylic acids is 4. The first-order chi connectivity index (χ1) is 11.0. The zero-order chi connectivity index (χ0) is 17.1. The minimum Gasteiger partial charge on any atom is -0.463 e. The maximum Gasteiger partial charge on any atom is 0.358 e. The predicted molar refractivity (Wildman–Crippen MR) is 74.5 cm³/mol. The molecule has 9 nitrogen and oxygen atoms in total. The van der Waals surface area contributed by atoms with Gasteiger partial charge in [-0.3, -0.25) is 14.4 Å². The lowest BCUT2D eigenvalue weighted by Gasteiger charge is -2.12. The number of esters is 1. The molecule has 1 saturated heterocycles. The summed E-state index contributed by atoms with van der Waals surface area (Å²) in [6, 6.07) is 0. The Morgan fingerprint density at radius 3 is 2.35 bits per heavy atom. The Kier molecular flexibility index (Phi) is 8.85. The third-order valence-electron chi connectivity index (χ3n) is 2.95. The van der Waals surface area contributed by atoms with Gasteiger partial charge in [-0.15, -0.1) is 5.06 Å². The molecule has 0 aromatic heterocycles. The Bertz CT molecular complexity index is 420. The summed E-state index contributed by atoms with van der Waals surface area (Å²) >= 11 is 0. The van der Waals surface area contributed by atoms with E-state index in [1.807, 2.05) is 0 Å². The standard InChI is InChI=1S/C14H21NO8/c16-7-3-1-2-4-13(19)22-9-8-21-10-14(20)23-15-11(17)5-6-12(15)18/h16H,1-10H2. The van der Waals surface area contributed by atoms with E-state index in [1.165, 1.54) is 0 Å². The molecular weight excluding hydrogens is 310 g/mol. The van der Waals surface area contributed by atoms with E-state index in [4.69, 9.17) is 14.6 Å². The van der Waals surface area contributed by atoms with Gasteiger partial charge in [0.25, 0.3) is 11.8 Å². The van der Waals surface area contributed by atoms with Crippen LogP contribution in [0, 0.1) is 0 Å². The third kappa shape index (κ3) is 7.71.